The van der Waals surface area contributed by atoms with Crippen LogP contribution in [0.3, 0.4) is 0 Å². The topological polar surface area (TPSA) is 70.6 Å². The Bertz CT molecular complexity index is 1030. The van der Waals surface area contributed by atoms with E-state index in [2.05, 4.69) is 24.9 Å². The summed E-state index contributed by atoms with van der Waals surface area (Å²) >= 11 is 0. The molecule has 4 aromatic rings. The molecule has 0 atom stereocenters. The van der Waals surface area contributed by atoms with Crippen molar-refractivity contribution in [3.63, 3.8) is 0 Å². The minimum atomic E-state index is -0.273. The number of pyridine rings is 1. The number of H-pyrrole nitrogens is 1. The number of anilines is 1. The molecule has 0 bridgehead atoms. The summed E-state index contributed by atoms with van der Waals surface area (Å²) in [4.78, 5) is 22.7. The molecule has 6 nitrogen and oxygen atoms in total. The molecule has 0 saturated heterocycles. The van der Waals surface area contributed by atoms with Crippen molar-refractivity contribution in [3.8, 4) is 11.3 Å². The van der Waals surface area contributed by atoms with Gasteiger partial charge in [0.25, 0.3) is 0 Å². The summed E-state index contributed by atoms with van der Waals surface area (Å²) in [5.74, 6) is 1.17. The van der Waals surface area contributed by atoms with Gasteiger partial charge in [0.1, 0.15) is 11.6 Å². The molecule has 0 aliphatic heterocycles. The Hall–Kier alpha value is -3.35. The van der Waals surface area contributed by atoms with Crippen LogP contribution < -0.4 is 4.90 Å². The van der Waals surface area contributed by atoms with Gasteiger partial charge in [0.2, 0.25) is 5.95 Å². The molecule has 130 valence electrons. The Kier molecular flexibility index (Phi) is 4.27. The average Bonchev–Trinajstić information content (AvgIpc) is 3.09. The molecule has 0 spiro atoms. The van der Waals surface area contributed by atoms with Crippen molar-refractivity contribution in [1.82, 2.24) is 24.9 Å². The Morgan fingerprint density at radius 2 is 2.04 bits per heavy atom. The largest absolute Gasteiger partial charge is 0.343 e. The monoisotopic (exact) mass is 348 g/mol. The van der Waals surface area contributed by atoms with Gasteiger partial charge in [-0.25, -0.2) is 19.3 Å². The lowest BCUT2D eigenvalue weighted by molar-refractivity contribution is 0.629. The smallest absolute Gasteiger partial charge is 0.225 e. The zero-order chi connectivity index (χ0) is 17.9. The zero-order valence-electron chi connectivity index (χ0n) is 14.2. The van der Waals surface area contributed by atoms with Crippen LogP contribution in [-0.4, -0.2) is 38.5 Å². The van der Waals surface area contributed by atoms with E-state index in [1.54, 1.807) is 24.7 Å². The molecule has 0 aliphatic rings. The number of aromatic amines is 1. The molecule has 4 rings (SSSR count). The normalized spacial score (nSPS) is 11.0. The highest BCUT2D eigenvalue weighted by atomic mass is 19.1. The Balaban J connectivity index is 1.48. The van der Waals surface area contributed by atoms with Crippen LogP contribution in [0.5, 0.6) is 0 Å². The van der Waals surface area contributed by atoms with Crippen molar-refractivity contribution in [1.29, 1.82) is 0 Å². The van der Waals surface area contributed by atoms with Gasteiger partial charge in [-0.2, -0.15) is 0 Å². The van der Waals surface area contributed by atoms with Crippen LogP contribution in [0.4, 0.5) is 10.3 Å². The number of aromatic nitrogens is 5. The maximum Gasteiger partial charge on any atom is 0.225 e. The third kappa shape index (κ3) is 3.37. The molecule has 0 amide bonds. The predicted octanol–water partition coefficient (Wildman–Crippen LogP) is 3.23. The first kappa shape index (κ1) is 16.1. The fourth-order valence-corrected chi connectivity index (χ4v) is 2.73. The first-order chi connectivity index (χ1) is 12.7. The molecular weight excluding hydrogens is 331 g/mol. The second-order valence-corrected chi connectivity index (χ2v) is 6.00. The van der Waals surface area contributed by atoms with Gasteiger partial charge < -0.3 is 9.88 Å². The summed E-state index contributed by atoms with van der Waals surface area (Å²) in [7, 11) is 1.94. The van der Waals surface area contributed by atoms with Crippen molar-refractivity contribution in [3.05, 3.63) is 66.6 Å². The minimum absolute atomic E-state index is 0.273. The summed E-state index contributed by atoms with van der Waals surface area (Å²) in [6.07, 6.45) is 5.93. The molecule has 26 heavy (non-hydrogen) atoms. The lowest BCUT2D eigenvalue weighted by atomic mass is 10.2. The van der Waals surface area contributed by atoms with Crippen molar-refractivity contribution in [2.24, 2.45) is 0 Å². The van der Waals surface area contributed by atoms with Gasteiger partial charge in [-0.05, 0) is 36.4 Å². The molecular formula is C19H17FN6. The lowest BCUT2D eigenvalue weighted by Crippen LogP contribution is -2.23. The molecule has 0 saturated carbocycles. The van der Waals surface area contributed by atoms with Crippen molar-refractivity contribution >= 4 is 17.0 Å². The Labute approximate surface area is 149 Å². The molecule has 0 fully saturated rings. The molecule has 7 heteroatoms. The summed E-state index contributed by atoms with van der Waals surface area (Å²) in [6.45, 7) is 0.679. The van der Waals surface area contributed by atoms with Crippen molar-refractivity contribution in [2.45, 2.75) is 6.42 Å². The molecule has 0 aliphatic carbocycles. The number of nitrogens with zero attached hydrogens (tertiary/aromatic N) is 5. The third-order valence-corrected chi connectivity index (χ3v) is 4.12. The molecule has 3 aromatic heterocycles. The van der Waals surface area contributed by atoms with E-state index in [9.17, 15) is 4.39 Å². The van der Waals surface area contributed by atoms with Crippen LogP contribution in [0.15, 0.2) is 55.0 Å². The first-order valence-corrected chi connectivity index (χ1v) is 8.28. The molecule has 0 unspecified atom stereocenters. The lowest BCUT2D eigenvalue weighted by Gasteiger charge is -2.16. The predicted molar refractivity (Wildman–Crippen MR) is 98.3 cm³/mol. The third-order valence-electron chi connectivity index (χ3n) is 4.12. The van der Waals surface area contributed by atoms with Gasteiger partial charge in [0.05, 0.1) is 16.7 Å². The van der Waals surface area contributed by atoms with E-state index >= 15 is 0 Å². The standard InChI is InChI=1S/C19H17FN6/c1-26(10-7-18-23-16-5-4-14(20)11-17(16)24-18)19-22-9-6-15(25-19)13-3-2-8-21-12-13/h2-6,8-9,11-12H,7,10H2,1H3,(H,23,24). The number of benzene rings is 1. The van der Waals surface area contributed by atoms with E-state index in [1.165, 1.54) is 12.1 Å². The van der Waals surface area contributed by atoms with E-state index in [0.29, 0.717) is 24.4 Å². The number of likely N-dealkylation sites (N-methyl/N-ethyl adjacent to an activating group) is 1. The number of hydrogen-bond acceptors (Lipinski definition) is 5. The molecule has 3 heterocycles. The highest BCUT2D eigenvalue weighted by Gasteiger charge is 2.09. The fourth-order valence-electron chi connectivity index (χ4n) is 2.73. The number of halogens is 1. The van der Waals surface area contributed by atoms with Crippen LogP contribution in [0, 0.1) is 5.82 Å². The number of fused-ring (bicyclic) bond motifs is 1. The second-order valence-electron chi connectivity index (χ2n) is 6.00. The maximum atomic E-state index is 13.3. The van der Waals surface area contributed by atoms with E-state index in [0.717, 1.165) is 22.6 Å². The van der Waals surface area contributed by atoms with Gasteiger partial charge in [-0.15, -0.1) is 0 Å². The first-order valence-electron chi connectivity index (χ1n) is 8.28. The SMILES string of the molecule is CN(CCc1nc2ccc(F)cc2[nH]1)c1nccc(-c2cccnc2)n1. The number of hydrogen-bond donors (Lipinski definition) is 1. The van der Waals surface area contributed by atoms with Crippen molar-refractivity contribution in [2.75, 3.05) is 18.5 Å². The van der Waals surface area contributed by atoms with Gasteiger partial charge in [0, 0.05) is 44.2 Å². The minimum Gasteiger partial charge on any atom is -0.343 e. The Morgan fingerprint density at radius 3 is 2.88 bits per heavy atom. The van der Waals surface area contributed by atoms with Crippen LogP contribution in [0.2, 0.25) is 0 Å². The number of rotatable bonds is 5. The van der Waals surface area contributed by atoms with Gasteiger partial charge in [-0.1, -0.05) is 0 Å². The summed E-state index contributed by atoms with van der Waals surface area (Å²) < 4.78 is 13.3. The quantitative estimate of drug-likeness (QED) is 0.599. The highest BCUT2D eigenvalue weighted by Crippen LogP contribution is 2.18. The van der Waals surface area contributed by atoms with Crippen LogP contribution in [0.25, 0.3) is 22.3 Å². The van der Waals surface area contributed by atoms with Crippen molar-refractivity contribution < 1.29 is 4.39 Å². The van der Waals surface area contributed by atoms with Crippen LogP contribution in [0.1, 0.15) is 5.82 Å². The van der Waals surface area contributed by atoms with E-state index in [4.69, 9.17) is 0 Å². The van der Waals surface area contributed by atoms with E-state index in [-0.39, 0.29) is 5.82 Å². The fraction of sp³-hybridized carbons (Fsp3) is 0.158. The Morgan fingerprint density at radius 1 is 1.12 bits per heavy atom. The number of imidazole rings is 1. The second kappa shape index (κ2) is 6.87. The van der Waals surface area contributed by atoms with Crippen LogP contribution in [-0.2, 0) is 6.42 Å². The summed E-state index contributed by atoms with van der Waals surface area (Å²) in [6, 6.07) is 10.3. The summed E-state index contributed by atoms with van der Waals surface area (Å²) in [5.41, 5.74) is 3.24. The van der Waals surface area contributed by atoms with Gasteiger partial charge >= 0.3 is 0 Å². The average molecular weight is 348 g/mol. The summed E-state index contributed by atoms with van der Waals surface area (Å²) in [5, 5.41) is 0. The highest BCUT2D eigenvalue weighted by molar-refractivity contribution is 5.74. The van der Waals surface area contributed by atoms with Gasteiger partial charge in [-0.3, -0.25) is 4.98 Å². The van der Waals surface area contributed by atoms with E-state index in [1.807, 2.05) is 30.1 Å². The maximum absolute atomic E-state index is 13.3. The van der Waals surface area contributed by atoms with E-state index < -0.39 is 0 Å². The molecule has 1 N–H and O–H groups in total. The van der Waals surface area contributed by atoms with Gasteiger partial charge in [0.15, 0.2) is 0 Å². The molecule has 1 aromatic carbocycles. The van der Waals surface area contributed by atoms with Crippen LogP contribution >= 0.6 is 0 Å². The number of nitrogens with one attached hydrogen (secondary N) is 1. The molecule has 0 radical (unpaired) electrons. The zero-order valence-corrected chi connectivity index (χ0v) is 14.2.